The number of non-ortho nitro benzene ring substituents is 1. The predicted octanol–water partition coefficient (Wildman–Crippen LogP) is 5.28. The molecule has 162 valence electrons. The van der Waals surface area contributed by atoms with E-state index in [9.17, 15) is 19.7 Å². The Kier molecular flexibility index (Phi) is 5.96. The minimum Gasteiger partial charge on any atom is -0.318 e. The van der Waals surface area contributed by atoms with Crippen molar-refractivity contribution >= 4 is 34.7 Å². The molecule has 1 saturated heterocycles. The van der Waals surface area contributed by atoms with Crippen LogP contribution in [-0.4, -0.2) is 32.1 Å². The summed E-state index contributed by atoms with van der Waals surface area (Å²) in [7, 11) is 0. The molecular weight excluding hydrogens is 426 g/mol. The third-order valence-electron chi connectivity index (χ3n) is 5.42. The van der Waals surface area contributed by atoms with Gasteiger partial charge in [0.25, 0.3) is 16.8 Å². The fraction of sp³-hybridized carbons (Fsp3) is 0.167. The molecule has 0 radical (unpaired) electrons. The molecule has 1 fully saturated rings. The van der Waals surface area contributed by atoms with Crippen LogP contribution in [-0.2, 0) is 11.2 Å². The molecule has 3 aromatic rings. The van der Waals surface area contributed by atoms with Crippen molar-refractivity contribution in [2.45, 2.75) is 20.3 Å². The van der Waals surface area contributed by atoms with Gasteiger partial charge in [0.05, 0.1) is 9.83 Å². The van der Waals surface area contributed by atoms with Crippen LogP contribution in [0.4, 0.5) is 10.5 Å². The summed E-state index contributed by atoms with van der Waals surface area (Å²) in [5, 5.41) is 10.7. The summed E-state index contributed by atoms with van der Waals surface area (Å²) in [5.41, 5.74) is 4.52. The standard InChI is InChI=1S/C24H21N3O4S/c1-16-14-19(17(2)26(16)20-8-10-21(11-9-20)27(30)31)15-22-23(28)25(24(29)32-22)13-12-18-6-4-3-5-7-18/h3-11,14-15H,12-13H2,1-2H3/b22-15-. The Morgan fingerprint density at radius 1 is 1.03 bits per heavy atom. The lowest BCUT2D eigenvalue weighted by Gasteiger charge is -2.12. The number of hydrogen-bond acceptors (Lipinski definition) is 5. The molecule has 0 bridgehead atoms. The zero-order valence-electron chi connectivity index (χ0n) is 17.6. The van der Waals surface area contributed by atoms with Gasteiger partial charge in [0.1, 0.15) is 0 Å². The monoisotopic (exact) mass is 447 g/mol. The maximum atomic E-state index is 12.9. The first-order chi connectivity index (χ1) is 15.3. The second-order valence-corrected chi connectivity index (χ2v) is 8.50. The lowest BCUT2D eigenvalue weighted by Crippen LogP contribution is -2.30. The molecule has 2 aromatic carbocycles. The van der Waals surface area contributed by atoms with E-state index < -0.39 is 4.92 Å². The maximum absolute atomic E-state index is 12.9. The van der Waals surface area contributed by atoms with E-state index in [4.69, 9.17) is 0 Å². The summed E-state index contributed by atoms with van der Waals surface area (Å²) in [6, 6.07) is 18.0. The third-order valence-corrected chi connectivity index (χ3v) is 6.32. The number of carbonyl (C=O) groups excluding carboxylic acids is 2. The smallest absolute Gasteiger partial charge is 0.293 e. The highest BCUT2D eigenvalue weighted by molar-refractivity contribution is 8.18. The third kappa shape index (κ3) is 4.22. The second-order valence-electron chi connectivity index (χ2n) is 7.50. The molecule has 0 aliphatic carbocycles. The van der Waals surface area contributed by atoms with E-state index in [1.807, 2.05) is 54.8 Å². The van der Waals surface area contributed by atoms with Gasteiger partial charge < -0.3 is 4.57 Å². The minimum absolute atomic E-state index is 0.0283. The van der Waals surface area contributed by atoms with Gasteiger partial charge in [0.2, 0.25) is 0 Å². The highest BCUT2D eigenvalue weighted by Crippen LogP contribution is 2.34. The molecule has 0 N–H and O–H groups in total. The minimum atomic E-state index is -0.432. The number of rotatable bonds is 6. The summed E-state index contributed by atoms with van der Waals surface area (Å²) < 4.78 is 1.97. The van der Waals surface area contributed by atoms with Crippen LogP contribution in [0.2, 0.25) is 0 Å². The van der Waals surface area contributed by atoms with Gasteiger partial charge in [-0.2, -0.15) is 0 Å². The first kappa shape index (κ1) is 21.6. The Bertz CT molecular complexity index is 1230. The van der Waals surface area contributed by atoms with Crippen molar-refractivity contribution in [3.8, 4) is 5.69 Å². The van der Waals surface area contributed by atoms with Gasteiger partial charge in [-0.15, -0.1) is 0 Å². The molecule has 8 heteroatoms. The molecule has 2 heterocycles. The molecule has 1 aromatic heterocycles. The Labute approximate surface area is 189 Å². The van der Waals surface area contributed by atoms with Crippen molar-refractivity contribution in [3.63, 3.8) is 0 Å². The fourth-order valence-electron chi connectivity index (χ4n) is 3.77. The molecule has 0 saturated carbocycles. The van der Waals surface area contributed by atoms with Crippen LogP contribution in [0.15, 0.2) is 65.6 Å². The van der Waals surface area contributed by atoms with Gasteiger partial charge in [-0.3, -0.25) is 24.6 Å². The quantitative estimate of drug-likeness (QED) is 0.291. The maximum Gasteiger partial charge on any atom is 0.293 e. The topological polar surface area (TPSA) is 85.5 Å². The highest BCUT2D eigenvalue weighted by Gasteiger charge is 2.34. The SMILES string of the molecule is Cc1cc(/C=C2\SC(=O)N(CCc3ccccc3)C2=O)c(C)n1-c1ccc([N+](=O)[O-])cc1. The van der Waals surface area contributed by atoms with Gasteiger partial charge in [0.15, 0.2) is 0 Å². The van der Waals surface area contributed by atoms with Gasteiger partial charge >= 0.3 is 0 Å². The largest absolute Gasteiger partial charge is 0.318 e. The average Bonchev–Trinajstić information content (AvgIpc) is 3.21. The van der Waals surface area contributed by atoms with Crippen molar-refractivity contribution < 1.29 is 14.5 Å². The fourth-order valence-corrected chi connectivity index (χ4v) is 4.63. The number of aromatic nitrogens is 1. The predicted molar refractivity (Wildman–Crippen MR) is 125 cm³/mol. The van der Waals surface area contributed by atoms with Crippen LogP contribution in [0.5, 0.6) is 0 Å². The summed E-state index contributed by atoms with van der Waals surface area (Å²) in [4.78, 5) is 37.5. The number of thioether (sulfide) groups is 1. The van der Waals surface area contributed by atoms with Crippen molar-refractivity contribution in [2.24, 2.45) is 0 Å². The van der Waals surface area contributed by atoms with Crippen molar-refractivity contribution in [2.75, 3.05) is 6.54 Å². The summed E-state index contributed by atoms with van der Waals surface area (Å²) in [5.74, 6) is -0.281. The first-order valence-electron chi connectivity index (χ1n) is 10.1. The Morgan fingerprint density at radius 3 is 2.38 bits per heavy atom. The highest BCUT2D eigenvalue weighted by atomic mass is 32.2. The molecule has 1 aliphatic heterocycles. The molecule has 2 amide bonds. The number of hydrogen-bond donors (Lipinski definition) is 0. The van der Waals surface area contributed by atoms with E-state index >= 15 is 0 Å². The number of nitrogens with zero attached hydrogens (tertiary/aromatic N) is 3. The van der Waals surface area contributed by atoms with Gasteiger partial charge in [0, 0.05) is 35.8 Å². The lowest BCUT2D eigenvalue weighted by atomic mass is 10.1. The molecule has 0 unspecified atom stereocenters. The molecule has 4 rings (SSSR count). The number of aryl methyl sites for hydroxylation is 1. The molecule has 7 nitrogen and oxygen atoms in total. The molecule has 1 aliphatic rings. The van der Waals surface area contributed by atoms with Crippen LogP contribution in [0.3, 0.4) is 0 Å². The normalized spacial score (nSPS) is 15.1. The van der Waals surface area contributed by atoms with Crippen LogP contribution < -0.4 is 0 Å². The van der Waals surface area contributed by atoms with E-state index in [2.05, 4.69) is 0 Å². The number of carbonyl (C=O) groups is 2. The van der Waals surface area contributed by atoms with Crippen LogP contribution in [0.1, 0.15) is 22.5 Å². The lowest BCUT2D eigenvalue weighted by molar-refractivity contribution is -0.384. The van der Waals surface area contributed by atoms with Crippen LogP contribution >= 0.6 is 11.8 Å². The molecular formula is C24H21N3O4S. The number of nitro benzene ring substituents is 1. The Hall–Kier alpha value is -3.65. The molecule has 0 atom stereocenters. The second kappa shape index (κ2) is 8.84. The van der Waals surface area contributed by atoms with Crippen LogP contribution in [0, 0.1) is 24.0 Å². The van der Waals surface area contributed by atoms with Crippen molar-refractivity contribution in [1.82, 2.24) is 9.47 Å². The number of benzene rings is 2. The van der Waals surface area contributed by atoms with E-state index in [0.29, 0.717) is 17.9 Å². The number of amides is 2. The van der Waals surface area contributed by atoms with Gasteiger partial charge in [-0.05, 0) is 67.4 Å². The Balaban J connectivity index is 1.56. The zero-order valence-corrected chi connectivity index (χ0v) is 18.5. The van der Waals surface area contributed by atoms with E-state index in [1.165, 1.54) is 17.0 Å². The van der Waals surface area contributed by atoms with Crippen molar-refractivity contribution in [3.05, 3.63) is 98.2 Å². The summed E-state index contributed by atoms with van der Waals surface area (Å²) in [6.45, 7) is 4.19. The van der Waals surface area contributed by atoms with E-state index in [1.54, 1.807) is 18.2 Å². The van der Waals surface area contributed by atoms with Gasteiger partial charge in [-0.1, -0.05) is 30.3 Å². The summed E-state index contributed by atoms with van der Waals surface area (Å²) >= 11 is 0.951. The molecule has 32 heavy (non-hydrogen) atoms. The molecule has 0 spiro atoms. The number of nitro groups is 1. The first-order valence-corrected chi connectivity index (χ1v) is 10.9. The van der Waals surface area contributed by atoms with Gasteiger partial charge in [-0.25, -0.2) is 0 Å². The van der Waals surface area contributed by atoms with Crippen molar-refractivity contribution in [1.29, 1.82) is 0 Å². The van der Waals surface area contributed by atoms with Crippen LogP contribution in [0.25, 0.3) is 11.8 Å². The van der Waals surface area contributed by atoms with E-state index in [0.717, 1.165) is 40.0 Å². The number of imide groups is 1. The Morgan fingerprint density at radius 2 is 1.72 bits per heavy atom. The van der Waals surface area contributed by atoms with E-state index in [-0.39, 0.29) is 16.8 Å². The zero-order chi connectivity index (χ0) is 22.8. The summed E-state index contributed by atoms with van der Waals surface area (Å²) in [6.07, 6.45) is 2.36. The average molecular weight is 448 g/mol.